The summed E-state index contributed by atoms with van der Waals surface area (Å²) < 4.78 is 0. The molecule has 0 spiro atoms. The number of aryl methyl sites for hydroxylation is 1. The Morgan fingerprint density at radius 1 is 1.31 bits per heavy atom. The summed E-state index contributed by atoms with van der Waals surface area (Å²) in [6.45, 7) is 7.92. The molecule has 1 aliphatic rings. The molecule has 4 heteroatoms. The van der Waals surface area contributed by atoms with Gasteiger partial charge in [-0.05, 0) is 68.2 Å². The van der Waals surface area contributed by atoms with Gasteiger partial charge >= 0.3 is 5.97 Å². The monoisotopic (exact) mass is 371 g/mol. The lowest BCUT2D eigenvalue weighted by molar-refractivity contribution is -0.147. The molecule has 0 radical (unpaired) electrons. The number of aliphatic carboxylic acids is 1. The van der Waals surface area contributed by atoms with Crippen molar-refractivity contribution in [1.29, 1.82) is 0 Å². The molecule has 0 amide bonds. The predicted molar refractivity (Wildman–Crippen MR) is 108 cm³/mol. The third kappa shape index (κ3) is 4.18. The highest BCUT2D eigenvalue weighted by molar-refractivity contribution is 7.10. The molecule has 1 N–H and O–H groups in total. The van der Waals surface area contributed by atoms with Crippen LogP contribution < -0.4 is 0 Å². The van der Waals surface area contributed by atoms with E-state index in [2.05, 4.69) is 47.5 Å². The molecule has 0 aliphatic carbocycles. The number of thiophene rings is 1. The van der Waals surface area contributed by atoms with E-state index in [-0.39, 0.29) is 0 Å². The molecule has 2 heterocycles. The van der Waals surface area contributed by atoms with Crippen LogP contribution in [0.15, 0.2) is 35.7 Å². The molecule has 2 aromatic rings. The van der Waals surface area contributed by atoms with Crippen LogP contribution in [-0.2, 0) is 17.8 Å². The Kier molecular flexibility index (Phi) is 5.83. The van der Waals surface area contributed by atoms with Gasteiger partial charge in [0.25, 0.3) is 0 Å². The Hall–Kier alpha value is -1.65. The van der Waals surface area contributed by atoms with E-state index in [1.807, 2.05) is 25.2 Å². The zero-order valence-electron chi connectivity index (χ0n) is 16.0. The first-order valence-corrected chi connectivity index (χ1v) is 10.3. The lowest BCUT2D eigenvalue weighted by Gasteiger charge is -2.36. The SMILES string of the molecule is Cc1ccccc1C(CCCC(C)(C)C(=O)O)N1CCc2sccc2C1. The molecule has 1 atom stereocenters. The molecule has 140 valence electrons. The zero-order chi connectivity index (χ0) is 18.7. The van der Waals surface area contributed by atoms with Crippen molar-refractivity contribution in [3.63, 3.8) is 0 Å². The normalized spacial score (nSPS) is 16.3. The van der Waals surface area contributed by atoms with Gasteiger partial charge in [0.1, 0.15) is 0 Å². The molecule has 1 aromatic carbocycles. The largest absolute Gasteiger partial charge is 0.481 e. The number of hydrogen-bond donors (Lipinski definition) is 1. The molecular weight excluding hydrogens is 342 g/mol. The van der Waals surface area contributed by atoms with E-state index >= 15 is 0 Å². The fourth-order valence-electron chi connectivity index (χ4n) is 3.88. The van der Waals surface area contributed by atoms with Gasteiger partial charge < -0.3 is 5.11 Å². The summed E-state index contributed by atoms with van der Waals surface area (Å²) in [4.78, 5) is 15.5. The highest BCUT2D eigenvalue weighted by Crippen LogP contribution is 2.36. The van der Waals surface area contributed by atoms with E-state index in [1.165, 1.54) is 21.6 Å². The summed E-state index contributed by atoms with van der Waals surface area (Å²) in [5.41, 5.74) is 3.52. The Bertz CT molecular complexity index is 765. The zero-order valence-corrected chi connectivity index (χ0v) is 16.8. The van der Waals surface area contributed by atoms with E-state index in [9.17, 15) is 9.90 Å². The van der Waals surface area contributed by atoms with Gasteiger partial charge in [-0.2, -0.15) is 0 Å². The molecule has 3 rings (SSSR count). The van der Waals surface area contributed by atoms with Crippen LogP contribution in [-0.4, -0.2) is 22.5 Å². The molecule has 1 aliphatic heterocycles. The summed E-state index contributed by atoms with van der Waals surface area (Å²) >= 11 is 1.87. The van der Waals surface area contributed by atoms with Crippen molar-refractivity contribution >= 4 is 17.3 Å². The maximum absolute atomic E-state index is 11.4. The molecule has 0 bridgehead atoms. The maximum atomic E-state index is 11.4. The van der Waals surface area contributed by atoms with Crippen LogP contribution in [0.5, 0.6) is 0 Å². The summed E-state index contributed by atoms with van der Waals surface area (Å²) in [6, 6.07) is 11.3. The van der Waals surface area contributed by atoms with Crippen molar-refractivity contribution in [3.8, 4) is 0 Å². The Balaban J connectivity index is 1.77. The number of fused-ring (bicyclic) bond motifs is 1. The van der Waals surface area contributed by atoms with E-state index in [1.54, 1.807) is 0 Å². The number of nitrogens with zero attached hydrogens (tertiary/aromatic N) is 1. The molecule has 1 aromatic heterocycles. The van der Waals surface area contributed by atoms with Crippen LogP contribution in [0.2, 0.25) is 0 Å². The minimum absolute atomic E-state index is 0.355. The van der Waals surface area contributed by atoms with Crippen molar-refractivity contribution in [2.45, 2.75) is 59.0 Å². The summed E-state index contributed by atoms with van der Waals surface area (Å²) in [6.07, 6.45) is 3.75. The van der Waals surface area contributed by atoms with Gasteiger partial charge in [0, 0.05) is 24.0 Å². The van der Waals surface area contributed by atoms with Gasteiger partial charge in [-0.1, -0.05) is 30.7 Å². The topological polar surface area (TPSA) is 40.5 Å². The van der Waals surface area contributed by atoms with Crippen molar-refractivity contribution < 1.29 is 9.90 Å². The third-order valence-electron chi connectivity index (χ3n) is 5.68. The van der Waals surface area contributed by atoms with Crippen LogP contribution >= 0.6 is 11.3 Å². The smallest absolute Gasteiger partial charge is 0.309 e. The van der Waals surface area contributed by atoms with Gasteiger partial charge in [-0.3, -0.25) is 9.69 Å². The quantitative estimate of drug-likeness (QED) is 0.705. The van der Waals surface area contributed by atoms with Crippen molar-refractivity contribution in [2.24, 2.45) is 5.41 Å². The first kappa shape index (κ1) is 19.1. The van der Waals surface area contributed by atoms with Gasteiger partial charge in [-0.15, -0.1) is 11.3 Å². The average Bonchev–Trinajstić information content (AvgIpc) is 3.07. The van der Waals surface area contributed by atoms with Crippen molar-refractivity contribution in [2.75, 3.05) is 6.54 Å². The second-order valence-electron chi connectivity index (χ2n) is 8.04. The fourth-order valence-corrected chi connectivity index (χ4v) is 4.77. The first-order chi connectivity index (χ1) is 12.4. The minimum atomic E-state index is -0.703. The number of carboxylic acid groups (broad SMARTS) is 1. The average molecular weight is 372 g/mol. The molecule has 0 saturated heterocycles. The molecule has 26 heavy (non-hydrogen) atoms. The standard InChI is InChI=1S/C22H29NO2S/c1-16-7-4-5-8-18(16)19(9-6-12-22(2,3)21(24)25)23-13-10-20-17(15-23)11-14-26-20/h4-5,7-8,11,14,19H,6,9-10,12-13,15H2,1-3H3,(H,24,25). The maximum Gasteiger partial charge on any atom is 0.309 e. The Morgan fingerprint density at radius 3 is 2.81 bits per heavy atom. The lowest BCUT2D eigenvalue weighted by Crippen LogP contribution is -2.34. The number of benzene rings is 1. The molecule has 3 nitrogen and oxygen atoms in total. The molecule has 1 unspecified atom stereocenters. The summed E-state index contributed by atoms with van der Waals surface area (Å²) in [5, 5.41) is 11.6. The lowest BCUT2D eigenvalue weighted by atomic mass is 9.85. The number of carboxylic acids is 1. The van der Waals surface area contributed by atoms with Crippen LogP contribution in [0.25, 0.3) is 0 Å². The van der Waals surface area contributed by atoms with Crippen LogP contribution in [0.1, 0.15) is 60.7 Å². The first-order valence-electron chi connectivity index (χ1n) is 9.47. The highest BCUT2D eigenvalue weighted by Gasteiger charge is 2.29. The minimum Gasteiger partial charge on any atom is -0.481 e. The van der Waals surface area contributed by atoms with Gasteiger partial charge in [0.15, 0.2) is 0 Å². The van der Waals surface area contributed by atoms with E-state index in [0.29, 0.717) is 12.5 Å². The highest BCUT2D eigenvalue weighted by atomic mass is 32.1. The second kappa shape index (κ2) is 7.93. The van der Waals surface area contributed by atoms with Crippen molar-refractivity contribution in [1.82, 2.24) is 4.90 Å². The van der Waals surface area contributed by atoms with Crippen LogP contribution in [0, 0.1) is 12.3 Å². The Labute approximate surface area is 160 Å². The molecule has 0 saturated carbocycles. The van der Waals surface area contributed by atoms with E-state index in [4.69, 9.17) is 0 Å². The summed E-state index contributed by atoms with van der Waals surface area (Å²) in [5.74, 6) is -0.703. The number of carbonyl (C=O) groups is 1. The summed E-state index contributed by atoms with van der Waals surface area (Å²) in [7, 11) is 0. The molecule has 0 fully saturated rings. The molecular formula is C22H29NO2S. The Morgan fingerprint density at radius 2 is 2.08 bits per heavy atom. The van der Waals surface area contributed by atoms with Crippen LogP contribution in [0.3, 0.4) is 0 Å². The number of hydrogen-bond acceptors (Lipinski definition) is 3. The van der Waals surface area contributed by atoms with Gasteiger partial charge in [-0.25, -0.2) is 0 Å². The van der Waals surface area contributed by atoms with E-state index < -0.39 is 11.4 Å². The predicted octanol–water partition coefficient (Wildman–Crippen LogP) is 5.44. The number of rotatable bonds is 7. The second-order valence-corrected chi connectivity index (χ2v) is 9.04. The fraction of sp³-hybridized carbons (Fsp3) is 0.500. The third-order valence-corrected chi connectivity index (χ3v) is 6.71. The van der Waals surface area contributed by atoms with Crippen LogP contribution in [0.4, 0.5) is 0 Å². The van der Waals surface area contributed by atoms with E-state index in [0.717, 1.165) is 32.4 Å². The van der Waals surface area contributed by atoms with Crippen molar-refractivity contribution in [3.05, 3.63) is 57.3 Å². The van der Waals surface area contributed by atoms with Gasteiger partial charge in [0.2, 0.25) is 0 Å². The van der Waals surface area contributed by atoms with Gasteiger partial charge in [0.05, 0.1) is 5.41 Å².